The molecule has 0 bridgehead atoms. The lowest BCUT2D eigenvalue weighted by molar-refractivity contribution is -0.0586. The minimum absolute atomic E-state index is 0.0812. The smallest absolute Gasteiger partial charge is 0.254 e. The zero-order chi connectivity index (χ0) is 20.8. The molecule has 2 saturated heterocycles. The lowest BCUT2D eigenvalue weighted by Crippen LogP contribution is -2.48. The first-order valence-electron chi connectivity index (χ1n) is 11.0. The van der Waals surface area contributed by atoms with Crippen molar-refractivity contribution in [3.63, 3.8) is 0 Å². The number of aliphatic imine (C=N–C) groups is 1. The molecule has 1 N–H and O–H groups in total. The van der Waals surface area contributed by atoms with Crippen LogP contribution in [-0.4, -0.2) is 66.6 Å². The number of rotatable bonds is 4. The van der Waals surface area contributed by atoms with Crippen molar-refractivity contribution >= 4 is 11.9 Å². The molecule has 1 aromatic rings. The lowest BCUT2D eigenvalue weighted by atomic mass is 10.0. The normalized spacial score (nSPS) is 25.8. The molecule has 2 aliphatic rings. The van der Waals surface area contributed by atoms with Gasteiger partial charge < -0.3 is 19.9 Å². The highest BCUT2D eigenvalue weighted by Gasteiger charge is 2.26. The van der Waals surface area contributed by atoms with Crippen molar-refractivity contribution < 1.29 is 9.53 Å². The SMILES string of the molecule is CCNC(=NCc1ccc(C(=O)N2CC(C)OC(C)C2)cc1)N1CCCC(C)C1. The Morgan fingerprint density at radius 2 is 1.79 bits per heavy atom. The van der Waals surface area contributed by atoms with Gasteiger partial charge in [-0.05, 0) is 57.2 Å². The van der Waals surface area contributed by atoms with Gasteiger partial charge in [0, 0.05) is 38.3 Å². The van der Waals surface area contributed by atoms with Crippen LogP contribution in [0.25, 0.3) is 0 Å². The Labute approximate surface area is 175 Å². The van der Waals surface area contributed by atoms with Crippen LogP contribution in [0.5, 0.6) is 0 Å². The highest BCUT2D eigenvalue weighted by Crippen LogP contribution is 2.17. The van der Waals surface area contributed by atoms with E-state index < -0.39 is 0 Å². The number of carbonyl (C=O) groups is 1. The van der Waals surface area contributed by atoms with Crippen LogP contribution < -0.4 is 5.32 Å². The van der Waals surface area contributed by atoms with Crippen LogP contribution in [0.2, 0.25) is 0 Å². The summed E-state index contributed by atoms with van der Waals surface area (Å²) in [6, 6.07) is 7.89. The molecule has 6 heteroatoms. The summed E-state index contributed by atoms with van der Waals surface area (Å²) in [7, 11) is 0. The number of guanidine groups is 1. The number of hydrogen-bond donors (Lipinski definition) is 1. The number of benzene rings is 1. The highest BCUT2D eigenvalue weighted by molar-refractivity contribution is 5.94. The Morgan fingerprint density at radius 1 is 1.10 bits per heavy atom. The second-order valence-corrected chi connectivity index (χ2v) is 8.53. The molecule has 2 aliphatic heterocycles. The van der Waals surface area contributed by atoms with Crippen molar-refractivity contribution in [2.45, 2.75) is 59.3 Å². The summed E-state index contributed by atoms with van der Waals surface area (Å²) in [5, 5.41) is 3.43. The summed E-state index contributed by atoms with van der Waals surface area (Å²) in [5.41, 5.74) is 1.85. The Bertz CT molecular complexity index is 693. The highest BCUT2D eigenvalue weighted by atomic mass is 16.5. The van der Waals surface area contributed by atoms with Gasteiger partial charge in [0.25, 0.3) is 5.91 Å². The third-order valence-electron chi connectivity index (χ3n) is 5.61. The average molecular weight is 401 g/mol. The molecule has 0 radical (unpaired) electrons. The molecule has 1 aromatic carbocycles. The zero-order valence-corrected chi connectivity index (χ0v) is 18.4. The third kappa shape index (κ3) is 5.95. The Balaban J connectivity index is 1.63. The molecule has 0 aromatic heterocycles. The first kappa shape index (κ1) is 21.6. The van der Waals surface area contributed by atoms with Gasteiger partial charge in [-0.3, -0.25) is 4.79 Å². The van der Waals surface area contributed by atoms with Crippen molar-refractivity contribution in [3.8, 4) is 0 Å². The second-order valence-electron chi connectivity index (χ2n) is 8.53. The van der Waals surface area contributed by atoms with Crippen LogP contribution in [-0.2, 0) is 11.3 Å². The summed E-state index contributed by atoms with van der Waals surface area (Å²) in [4.78, 5) is 21.9. The van der Waals surface area contributed by atoms with Gasteiger partial charge >= 0.3 is 0 Å². The fourth-order valence-electron chi connectivity index (χ4n) is 4.25. The van der Waals surface area contributed by atoms with E-state index in [1.54, 1.807) is 0 Å². The molecular weight excluding hydrogens is 364 g/mol. The van der Waals surface area contributed by atoms with Gasteiger partial charge in [0.1, 0.15) is 0 Å². The molecule has 2 fully saturated rings. The van der Waals surface area contributed by atoms with Gasteiger partial charge in [-0.2, -0.15) is 0 Å². The Kier molecular flexibility index (Phi) is 7.53. The molecule has 6 nitrogen and oxygen atoms in total. The quantitative estimate of drug-likeness (QED) is 0.623. The van der Waals surface area contributed by atoms with E-state index in [0.717, 1.165) is 36.7 Å². The summed E-state index contributed by atoms with van der Waals surface area (Å²) in [6.45, 7) is 13.4. The molecule has 0 saturated carbocycles. The summed E-state index contributed by atoms with van der Waals surface area (Å²) in [5.74, 6) is 1.79. The Hall–Kier alpha value is -2.08. The van der Waals surface area contributed by atoms with E-state index in [9.17, 15) is 4.79 Å². The monoisotopic (exact) mass is 400 g/mol. The molecule has 0 spiro atoms. The van der Waals surface area contributed by atoms with E-state index in [0.29, 0.717) is 25.6 Å². The van der Waals surface area contributed by atoms with Gasteiger partial charge in [-0.15, -0.1) is 0 Å². The van der Waals surface area contributed by atoms with Gasteiger partial charge in [-0.25, -0.2) is 4.99 Å². The first-order chi connectivity index (χ1) is 14.0. The van der Waals surface area contributed by atoms with Crippen molar-refractivity contribution in [1.82, 2.24) is 15.1 Å². The summed E-state index contributed by atoms with van der Waals surface area (Å²) in [6.07, 6.45) is 2.68. The Morgan fingerprint density at radius 3 is 2.41 bits per heavy atom. The number of morpholine rings is 1. The molecule has 29 heavy (non-hydrogen) atoms. The van der Waals surface area contributed by atoms with Crippen LogP contribution in [0.3, 0.4) is 0 Å². The number of ether oxygens (including phenoxy) is 1. The first-order valence-corrected chi connectivity index (χ1v) is 11.0. The third-order valence-corrected chi connectivity index (χ3v) is 5.61. The molecular formula is C23H36N4O2. The number of likely N-dealkylation sites (tertiary alicyclic amines) is 1. The topological polar surface area (TPSA) is 57.2 Å². The minimum Gasteiger partial charge on any atom is -0.372 e. The fraction of sp³-hybridized carbons (Fsp3) is 0.652. The predicted octanol–water partition coefficient (Wildman–Crippen LogP) is 3.13. The van der Waals surface area contributed by atoms with E-state index in [2.05, 4.69) is 24.1 Å². The van der Waals surface area contributed by atoms with Crippen LogP contribution in [0.1, 0.15) is 56.5 Å². The van der Waals surface area contributed by atoms with Gasteiger partial charge in [0.2, 0.25) is 0 Å². The van der Waals surface area contributed by atoms with Crippen LogP contribution in [0.15, 0.2) is 29.3 Å². The molecule has 3 unspecified atom stereocenters. The molecule has 3 atom stereocenters. The number of piperidine rings is 1. The van der Waals surface area contributed by atoms with Crippen molar-refractivity contribution in [3.05, 3.63) is 35.4 Å². The van der Waals surface area contributed by atoms with Crippen LogP contribution in [0, 0.1) is 5.92 Å². The van der Waals surface area contributed by atoms with Gasteiger partial charge in [0.05, 0.1) is 18.8 Å². The number of nitrogens with one attached hydrogen (secondary N) is 1. The van der Waals surface area contributed by atoms with Crippen molar-refractivity contribution in [2.24, 2.45) is 10.9 Å². The van der Waals surface area contributed by atoms with Crippen LogP contribution >= 0.6 is 0 Å². The fourth-order valence-corrected chi connectivity index (χ4v) is 4.25. The second kappa shape index (κ2) is 10.1. The van der Waals surface area contributed by atoms with E-state index in [-0.39, 0.29) is 18.1 Å². The van der Waals surface area contributed by atoms with Crippen LogP contribution in [0.4, 0.5) is 0 Å². The van der Waals surface area contributed by atoms with Crippen molar-refractivity contribution in [2.75, 3.05) is 32.7 Å². The molecule has 0 aliphatic carbocycles. The molecule has 2 heterocycles. The molecule has 1 amide bonds. The predicted molar refractivity (Wildman–Crippen MR) is 117 cm³/mol. The zero-order valence-electron chi connectivity index (χ0n) is 18.4. The largest absolute Gasteiger partial charge is 0.372 e. The number of hydrogen-bond acceptors (Lipinski definition) is 3. The minimum atomic E-state index is 0.0812. The average Bonchev–Trinajstić information content (AvgIpc) is 2.70. The van der Waals surface area contributed by atoms with E-state index in [1.807, 2.05) is 43.0 Å². The summed E-state index contributed by atoms with van der Waals surface area (Å²) >= 11 is 0. The molecule has 160 valence electrons. The molecule has 3 rings (SSSR count). The maximum atomic E-state index is 12.8. The van der Waals surface area contributed by atoms with E-state index in [4.69, 9.17) is 9.73 Å². The van der Waals surface area contributed by atoms with Gasteiger partial charge in [-0.1, -0.05) is 19.1 Å². The van der Waals surface area contributed by atoms with Crippen molar-refractivity contribution in [1.29, 1.82) is 0 Å². The number of amides is 1. The summed E-state index contributed by atoms with van der Waals surface area (Å²) < 4.78 is 5.73. The van der Waals surface area contributed by atoms with E-state index >= 15 is 0 Å². The number of carbonyl (C=O) groups excluding carboxylic acids is 1. The number of nitrogens with zero attached hydrogens (tertiary/aromatic N) is 3. The van der Waals surface area contributed by atoms with Gasteiger partial charge in [0.15, 0.2) is 5.96 Å². The standard InChI is InChI=1S/C23H36N4O2/c1-5-24-23(26-12-6-7-17(2)14-26)25-13-20-8-10-21(11-9-20)22(28)27-15-18(3)29-19(4)16-27/h8-11,17-19H,5-7,12-16H2,1-4H3,(H,24,25). The van der Waals surface area contributed by atoms with E-state index in [1.165, 1.54) is 12.8 Å². The maximum Gasteiger partial charge on any atom is 0.254 e. The lowest BCUT2D eigenvalue weighted by Gasteiger charge is -2.35. The maximum absolute atomic E-state index is 12.8.